The van der Waals surface area contributed by atoms with E-state index in [1.54, 1.807) is 11.3 Å². The molecule has 0 amide bonds. The Balaban J connectivity index is 2.00. The highest BCUT2D eigenvalue weighted by molar-refractivity contribution is 7.10. The Morgan fingerprint density at radius 2 is 2.20 bits per heavy atom. The van der Waals surface area contributed by atoms with Crippen molar-refractivity contribution in [2.75, 3.05) is 0 Å². The van der Waals surface area contributed by atoms with Crippen LogP contribution in [-0.2, 0) is 0 Å². The molecule has 1 aromatic heterocycles. The Morgan fingerprint density at radius 3 is 2.73 bits per heavy atom. The Morgan fingerprint density at radius 1 is 1.53 bits per heavy atom. The van der Waals surface area contributed by atoms with E-state index in [0.717, 1.165) is 17.4 Å². The molecule has 1 atom stereocenters. The highest BCUT2D eigenvalue weighted by Crippen LogP contribution is 2.37. The maximum Gasteiger partial charge on any atom is 0.0590 e. The molecule has 1 saturated carbocycles. The first-order valence-corrected chi connectivity index (χ1v) is 6.93. The van der Waals surface area contributed by atoms with Crippen molar-refractivity contribution in [1.82, 2.24) is 0 Å². The van der Waals surface area contributed by atoms with Gasteiger partial charge in [-0.3, -0.25) is 0 Å². The quantitative estimate of drug-likeness (QED) is 0.842. The maximum atomic E-state index is 6.22. The average Bonchev–Trinajstić information content (AvgIpc) is 2.79. The molecule has 1 aliphatic rings. The molecular weight excluding hydrogens is 226 g/mol. The van der Waals surface area contributed by atoms with Crippen molar-refractivity contribution in [3.63, 3.8) is 0 Å². The molecule has 0 spiro atoms. The van der Waals surface area contributed by atoms with Gasteiger partial charge in [0.2, 0.25) is 0 Å². The predicted molar refractivity (Wildman–Crippen MR) is 67.6 cm³/mol. The van der Waals surface area contributed by atoms with Crippen LogP contribution in [0.5, 0.6) is 0 Å². The molecule has 1 aliphatic carbocycles. The van der Waals surface area contributed by atoms with Crippen LogP contribution in [0, 0.1) is 12.8 Å². The Labute approximate surface area is 101 Å². The fourth-order valence-corrected chi connectivity index (χ4v) is 3.76. The third-order valence-corrected chi connectivity index (χ3v) is 5.17. The maximum absolute atomic E-state index is 6.22. The van der Waals surface area contributed by atoms with Gasteiger partial charge in [0.05, 0.1) is 5.02 Å². The molecular formula is C12H18ClNS. The summed E-state index contributed by atoms with van der Waals surface area (Å²) in [6.45, 7) is 2.05. The molecule has 1 nitrogen and oxygen atoms in total. The van der Waals surface area contributed by atoms with Crippen LogP contribution < -0.4 is 5.73 Å². The van der Waals surface area contributed by atoms with Crippen molar-refractivity contribution >= 4 is 22.9 Å². The van der Waals surface area contributed by atoms with Crippen LogP contribution >= 0.6 is 22.9 Å². The molecule has 1 unspecified atom stereocenters. The van der Waals surface area contributed by atoms with Crippen LogP contribution in [-0.4, -0.2) is 0 Å². The van der Waals surface area contributed by atoms with Crippen molar-refractivity contribution in [3.05, 3.63) is 20.8 Å². The van der Waals surface area contributed by atoms with Gasteiger partial charge in [0, 0.05) is 10.9 Å². The van der Waals surface area contributed by atoms with Gasteiger partial charge in [-0.1, -0.05) is 37.3 Å². The summed E-state index contributed by atoms with van der Waals surface area (Å²) in [5, 5.41) is 3.00. The molecule has 1 fully saturated rings. The van der Waals surface area contributed by atoms with E-state index in [2.05, 4.69) is 5.38 Å². The number of rotatable bonds is 3. The second-order valence-electron chi connectivity index (χ2n) is 4.59. The van der Waals surface area contributed by atoms with Crippen LogP contribution in [0.1, 0.15) is 48.6 Å². The van der Waals surface area contributed by atoms with Gasteiger partial charge in [0.1, 0.15) is 0 Å². The molecule has 1 aromatic rings. The minimum atomic E-state index is 0.152. The zero-order chi connectivity index (χ0) is 10.8. The molecule has 2 N–H and O–H groups in total. The third-order valence-electron chi connectivity index (χ3n) is 3.32. The fraction of sp³-hybridized carbons (Fsp3) is 0.667. The van der Waals surface area contributed by atoms with Crippen LogP contribution in [0.3, 0.4) is 0 Å². The smallest absolute Gasteiger partial charge is 0.0590 e. The largest absolute Gasteiger partial charge is 0.323 e. The number of nitrogens with two attached hydrogens (primary N) is 1. The minimum absolute atomic E-state index is 0.152. The van der Waals surface area contributed by atoms with E-state index in [9.17, 15) is 0 Å². The van der Waals surface area contributed by atoms with Gasteiger partial charge in [-0.15, -0.1) is 11.3 Å². The van der Waals surface area contributed by atoms with E-state index >= 15 is 0 Å². The second kappa shape index (κ2) is 4.86. The van der Waals surface area contributed by atoms with Crippen LogP contribution in [0.4, 0.5) is 0 Å². The van der Waals surface area contributed by atoms with Crippen LogP contribution in [0.25, 0.3) is 0 Å². The van der Waals surface area contributed by atoms with Gasteiger partial charge >= 0.3 is 0 Å². The normalized spacial score (nSPS) is 19.7. The van der Waals surface area contributed by atoms with Crippen LogP contribution in [0.15, 0.2) is 5.38 Å². The molecule has 0 aromatic carbocycles. The molecule has 15 heavy (non-hydrogen) atoms. The highest BCUT2D eigenvalue weighted by Gasteiger charge is 2.21. The summed E-state index contributed by atoms with van der Waals surface area (Å²) in [6, 6.07) is 0.152. The first-order valence-electron chi connectivity index (χ1n) is 5.67. The highest BCUT2D eigenvalue weighted by atomic mass is 35.5. The monoisotopic (exact) mass is 243 g/mol. The zero-order valence-electron chi connectivity index (χ0n) is 9.13. The SMILES string of the molecule is Cc1csc(C(N)CC2CCCC2)c1Cl. The number of halogens is 1. The fourth-order valence-electron chi connectivity index (χ4n) is 2.41. The molecule has 0 bridgehead atoms. The van der Waals surface area contributed by atoms with Gasteiger partial charge in [0.25, 0.3) is 0 Å². The summed E-state index contributed by atoms with van der Waals surface area (Å²) in [5.74, 6) is 0.832. The first kappa shape index (κ1) is 11.4. The molecule has 3 heteroatoms. The van der Waals surface area contributed by atoms with E-state index in [-0.39, 0.29) is 6.04 Å². The number of hydrogen-bond acceptors (Lipinski definition) is 2. The Bertz CT molecular complexity index is 328. The van der Waals surface area contributed by atoms with E-state index in [1.807, 2.05) is 6.92 Å². The van der Waals surface area contributed by atoms with Crippen molar-refractivity contribution in [2.24, 2.45) is 11.7 Å². The minimum Gasteiger partial charge on any atom is -0.323 e. The van der Waals surface area contributed by atoms with Gasteiger partial charge in [-0.2, -0.15) is 0 Å². The summed E-state index contributed by atoms with van der Waals surface area (Å²) in [4.78, 5) is 1.18. The third kappa shape index (κ3) is 2.55. The van der Waals surface area contributed by atoms with Crippen molar-refractivity contribution in [3.8, 4) is 0 Å². The average molecular weight is 244 g/mol. The van der Waals surface area contributed by atoms with Gasteiger partial charge < -0.3 is 5.73 Å². The molecule has 1 heterocycles. The van der Waals surface area contributed by atoms with E-state index < -0.39 is 0 Å². The van der Waals surface area contributed by atoms with Crippen molar-refractivity contribution < 1.29 is 0 Å². The lowest BCUT2D eigenvalue weighted by Gasteiger charge is -2.15. The lowest BCUT2D eigenvalue weighted by atomic mass is 9.98. The molecule has 0 saturated heterocycles. The van der Waals surface area contributed by atoms with Gasteiger partial charge in [-0.05, 0) is 30.2 Å². The lowest BCUT2D eigenvalue weighted by molar-refractivity contribution is 0.454. The molecule has 0 aliphatic heterocycles. The summed E-state index contributed by atoms with van der Waals surface area (Å²) in [5.41, 5.74) is 7.38. The summed E-state index contributed by atoms with van der Waals surface area (Å²) < 4.78 is 0. The lowest BCUT2D eigenvalue weighted by Crippen LogP contribution is -2.13. The van der Waals surface area contributed by atoms with Gasteiger partial charge in [-0.25, -0.2) is 0 Å². The second-order valence-corrected chi connectivity index (χ2v) is 5.88. The standard InChI is InChI=1S/C12H18ClNS/c1-8-7-15-12(11(8)13)10(14)6-9-4-2-3-5-9/h7,9-10H,2-6,14H2,1H3. The zero-order valence-corrected chi connectivity index (χ0v) is 10.7. The Hall–Kier alpha value is -0.0500. The number of thiophene rings is 1. The van der Waals surface area contributed by atoms with Crippen molar-refractivity contribution in [2.45, 2.75) is 45.1 Å². The summed E-state index contributed by atoms with van der Waals surface area (Å²) >= 11 is 7.93. The first-order chi connectivity index (χ1) is 7.18. The topological polar surface area (TPSA) is 26.0 Å². The number of hydrogen-bond donors (Lipinski definition) is 1. The Kier molecular flexibility index (Phi) is 3.70. The summed E-state index contributed by atoms with van der Waals surface area (Å²) in [6.07, 6.45) is 6.59. The van der Waals surface area contributed by atoms with E-state index in [4.69, 9.17) is 17.3 Å². The predicted octanol–water partition coefficient (Wildman–Crippen LogP) is 4.29. The molecule has 2 rings (SSSR count). The van der Waals surface area contributed by atoms with Crippen molar-refractivity contribution in [1.29, 1.82) is 0 Å². The molecule has 84 valence electrons. The number of aryl methyl sites for hydroxylation is 1. The van der Waals surface area contributed by atoms with Crippen LogP contribution in [0.2, 0.25) is 5.02 Å². The van der Waals surface area contributed by atoms with E-state index in [1.165, 1.54) is 36.1 Å². The van der Waals surface area contributed by atoms with Gasteiger partial charge in [0.15, 0.2) is 0 Å². The molecule has 0 radical (unpaired) electrons. The summed E-state index contributed by atoms with van der Waals surface area (Å²) in [7, 11) is 0. The van der Waals surface area contributed by atoms with E-state index in [0.29, 0.717) is 0 Å².